The number of imidazole rings is 1. The highest BCUT2D eigenvalue weighted by molar-refractivity contribution is 5.79. The zero-order valence-corrected chi connectivity index (χ0v) is 25.1. The molecule has 2 aliphatic rings. The van der Waals surface area contributed by atoms with E-state index >= 15 is 0 Å². The van der Waals surface area contributed by atoms with Gasteiger partial charge in [-0.2, -0.15) is 0 Å². The molecule has 2 aromatic heterocycles. The van der Waals surface area contributed by atoms with Gasteiger partial charge in [0.25, 0.3) is 0 Å². The first-order chi connectivity index (χ1) is 20.5. The molecule has 7 nitrogen and oxygen atoms in total. The average molecular weight is 567 g/mol. The van der Waals surface area contributed by atoms with Crippen molar-refractivity contribution in [3.05, 3.63) is 78.1 Å². The van der Waals surface area contributed by atoms with Crippen LogP contribution in [0.1, 0.15) is 43.9 Å². The number of pyridine rings is 1. The van der Waals surface area contributed by atoms with Crippen LogP contribution in [0.5, 0.6) is 5.75 Å². The molecule has 1 aliphatic heterocycles. The minimum Gasteiger partial charge on any atom is -0.494 e. The van der Waals surface area contributed by atoms with Crippen LogP contribution in [0, 0.1) is 12.8 Å². The van der Waals surface area contributed by atoms with Gasteiger partial charge in [-0.1, -0.05) is 48.4 Å². The molecule has 220 valence electrons. The maximum atomic E-state index is 13.3. The fraction of sp³-hybridized carbons (Fsp3) is 0.429. The van der Waals surface area contributed by atoms with Crippen molar-refractivity contribution in [1.82, 2.24) is 19.2 Å². The third kappa shape index (κ3) is 6.08. The second-order valence-electron chi connectivity index (χ2n) is 11.7. The summed E-state index contributed by atoms with van der Waals surface area (Å²) in [5.41, 5.74) is 7.71. The first kappa shape index (κ1) is 28.4. The summed E-state index contributed by atoms with van der Waals surface area (Å²) in [5.74, 6) is 1.28. The minimum atomic E-state index is 0.0989. The van der Waals surface area contributed by atoms with Crippen LogP contribution >= 0.6 is 0 Å². The monoisotopic (exact) mass is 566 g/mol. The summed E-state index contributed by atoms with van der Waals surface area (Å²) in [7, 11) is 1.77. The zero-order chi connectivity index (χ0) is 29.1. The summed E-state index contributed by atoms with van der Waals surface area (Å²) in [6, 6.07) is 21.1. The fourth-order valence-corrected chi connectivity index (χ4v) is 6.47. The smallest absolute Gasteiger partial charge is 0.225 e. The van der Waals surface area contributed by atoms with Gasteiger partial charge >= 0.3 is 0 Å². The van der Waals surface area contributed by atoms with Crippen molar-refractivity contribution < 1.29 is 14.3 Å². The average Bonchev–Trinajstić information content (AvgIpc) is 3.39. The van der Waals surface area contributed by atoms with Crippen LogP contribution in [0.25, 0.3) is 28.0 Å². The predicted octanol–water partition coefficient (Wildman–Crippen LogP) is 6.22. The van der Waals surface area contributed by atoms with Crippen LogP contribution < -0.4 is 4.74 Å². The summed E-state index contributed by atoms with van der Waals surface area (Å²) in [4.78, 5) is 23.0. The van der Waals surface area contributed by atoms with E-state index in [9.17, 15) is 4.79 Å². The number of amides is 1. The van der Waals surface area contributed by atoms with Crippen molar-refractivity contribution in [3.8, 4) is 28.1 Å². The number of rotatable bonds is 8. The molecule has 0 bridgehead atoms. The molecule has 1 aliphatic carbocycles. The number of hydrogen-bond acceptors (Lipinski definition) is 5. The van der Waals surface area contributed by atoms with E-state index in [0.29, 0.717) is 12.5 Å². The quantitative estimate of drug-likeness (QED) is 0.253. The summed E-state index contributed by atoms with van der Waals surface area (Å²) in [6.07, 6.45) is 6.40. The number of carbonyl (C=O) groups excluding carboxylic acids is 1. The van der Waals surface area contributed by atoms with Crippen molar-refractivity contribution >= 4 is 11.6 Å². The minimum absolute atomic E-state index is 0.0989. The second-order valence-corrected chi connectivity index (χ2v) is 11.7. The third-order valence-corrected chi connectivity index (χ3v) is 8.89. The summed E-state index contributed by atoms with van der Waals surface area (Å²) in [5, 5.41) is 0. The van der Waals surface area contributed by atoms with Gasteiger partial charge < -0.3 is 18.8 Å². The highest BCUT2D eigenvalue weighted by Gasteiger charge is 2.32. The van der Waals surface area contributed by atoms with Gasteiger partial charge in [-0.15, -0.1) is 0 Å². The molecule has 6 rings (SSSR count). The van der Waals surface area contributed by atoms with Gasteiger partial charge in [0.2, 0.25) is 5.91 Å². The lowest BCUT2D eigenvalue weighted by Crippen LogP contribution is -2.50. The van der Waals surface area contributed by atoms with E-state index < -0.39 is 0 Å². The number of aryl methyl sites for hydroxylation is 1. The maximum Gasteiger partial charge on any atom is 0.225 e. The van der Waals surface area contributed by atoms with Gasteiger partial charge in [0.1, 0.15) is 11.4 Å². The second kappa shape index (κ2) is 12.7. The number of carbonyl (C=O) groups is 1. The molecule has 7 heteroatoms. The van der Waals surface area contributed by atoms with Crippen LogP contribution in [0.3, 0.4) is 0 Å². The first-order valence-corrected chi connectivity index (χ1v) is 15.4. The summed E-state index contributed by atoms with van der Waals surface area (Å²) < 4.78 is 13.6. The van der Waals surface area contributed by atoms with Gasteiger partial charge in [0.15, 0.2) is 0 Å². The highest BCUT2D eigenvalue weighted by atomic mass is 16.5. The predicted molar refractivity (Wildman–Crippen MR) is 167 cm³/mol. The van der Waals surface area contributed by atoms with Crippen LogP contribution in [0.15, 0.2) is 66.9 Å². The number of nitrogens with zero attached hydrogens (tertiary/aromatic N) is 4. The Morgan fingerprint density at radius 3 is 2.50 bits per heavy atom. The SMILES string of the molecule is CCOc1cccc(-c2ccc3nc(-c4ccc(C)cc4)c(CN4CCN(C(=O)[C@H]5CCC[C@@H](OC)C5)CC4)n3c2)c1. The molecule has 0 radical (unpaired) electrons. The van der Waals surface area contributed by atoms with Crippen LogP contribution in [0.4, 0.5) is 0 Å². The van der Waals surface area contributed by atoms with Gasteiger partial charge in [-0.05, 0) is 68.5 Å². The van der Waals surface area contributed by atoms with E-state index in [-0.39, 0.29) is 12.0 Å². The lowest BCUT2D eigenvalue weighted by Gasteiger charge is -2.38. The lowest BCUT2D eigenvalue weighted by atomic mass is 9.86. The number of piperazine rings is 1. The first-order valence-electron chi connectivity index (χ1n) is 15.4. The Bertz CT molecular complexity index is 1520. The molecular formula is C35H42N4O3. The fourth-order valence-electron chi connectivity index (χ4n) is 6.47. The largest absolute Gasteiger partial charge is 0.494 e. The van der Waals surface area contributed by atoms with Crippen LogP contribution in [-0.4, -0.2) is 71.1 Å². The van der Waals surface area contributed by atoms with E-state index in [2.05, 4.69) is 75.9 Å². The molecule has 0 spiro atoms. The van der Waals surface area contributed by atoms with E-state index in [4.69, 9.17) is 14.5 Å². The summed E-state index contributed by atoms with van der Waals surface area (Å²) in [6.45, 7) is 8.75. The standard InChI is InChI=1S/C35H42N4O3/c1-4-42-31-10-5-7-27(21-31)29-15-16-33-36-34(26-13-11-25(2)12-14-26)32(39(33)23-29)24-37-17-19-38(20-18-37)35(40)28-8-6-9-30(22-28)41-3/h5,7,10-16,21,23,28,30H,4,6,8-9,17-20,22,24H2,1-3H3/t28-,30+/m0/s1. The Kier molecular flexibility index (Phi) is 8.58. The van der Waals surface area contributed by atoms with E-state index in [0.717, 1.165) is 92.2 Å². The number of aromatic nitrogens is 2. The molecule has 1 saturated heterocycles. The highest BCUT2D eigenvalue weighted by Crippen LogP contribution is 2.31. The summed E-state index contributed by atoms with van der Waals surface area (Å²) >= 11 is 0. The van der Waals surface area contributed by atoms with Crippen molar-refractivity contribution in [2.45, 2.75) is 52.2 Å². The van der Waals surface area contributed by atoms with Crippen molar-refractivity contribution in [1.29, 1.82) is 0 Å². The van der Waals surface area contributed by atoms with Gasteiger partial charge in [-0.25, -0.2) is 4.98 Å². The Balaban J connectivity index is 1.26. The number of ether oxygens (including phenoxy) is 2. The van der Waals surface area contributed by atoms with Crippen LogP contribution in [0.2, 0.25) is 0 Å². The molecular weight excluding hydrogens is 524 g/mol. The van der Waals surface area contributed by atoms with Crippen LogP contribution in [-0.2, 0) is 16.1 Å². The molecule has 1 saturated carbocycles. The van der Waals surface area contributed by atoms with Gasteiger partial charge in [-0.3, -0.25) is 9.69 Å². The van der Waals surface area contributed by atoms with Gasteiger partial charge in [0.05, 0.1) is 24.1 Å². The third-order valence-electron chi connectivity index (χ3n) is 8.89. The molecule has 2 aromatic carbocycles. The van der Waals surface area contributed by atoms with E-state index in [1.165, 1.54) is 11.3 Å². The Hall–Kier alpha value is -3.68. The Morgan fingerprint density at radius 1 is 0.952 bits per heavy atom. The van der Waals surface area contributed by atoms with Crippen molar-refractivity contribution in [3.63, 3.8) is 0 Å². The van der Waals surface area contributed by atoms with Gasteiger partial charge in [0, 0.05) is 57.5 Å². The number of methoxy groups -OCH3 is 1. The molecule has 42 heavy (non-hydrogen) atoms. The Morgan fingerprint density at radius 2 is 1.74 bits per heavy atom. The molecule has 0 N–H and O–H groups in total. The molecule has 2 atom stereocenters. The normalized spacial score (nSPS) is 19.7. The lowest BCUT2D eigenvalue weighted by molar-refractivity contribution is -0.140. The molecule has 0 unspecified atom stereocenters. The zero-order valence-electron chi connectivity index (χ0n) is 25.1. The molecule has 3 heterocycles. The van der Waals surface area contributed by atoms with Crippen molar-refractivity contribution in [2.24, 2.45) is 5.92 Å². The van der Waals surface area contributed by atoms with E-state index in [1.54, 1.807) is 7.11 Å². The molecule has 1 amide bonds. The molecule has 4 aromatic rings. The maximum absolute atomic E-state index is 13.3. The van der Waals surface area contributed by atoms with Crippen molar-refractivity contribution in [2.75, 3.05) is 39.9 Å². The number of hydrogen-bond donors (Lipinski definition) is 0. The Labute approximate surface area is 249 Å². The topological polar surface area (TPSA) is 59.3 Å². The molecule has 2 fully saturated rings. The number of benzene rings is 2. The number of fused-ring (bicyclic) bond motifs is 1. The van der Waals surface area contributed by atoms with E-state index in [1.807, 2.05) is 19.1 Å².